The van der Waals surface area contributed by atoms with Gasteiger partial charge in [-0.25, -0.2) is 4.68 Å². The van der Waals surface area contributed by atoms with Crippen molar-refractivity contribution in [2.75, 3.05) is 25.2 Å². The molecule has 1 N–H and O–H groups in total. The number of fused-ring (bicyclic) bond motifs is 2. The van der Waals surface area contributed by atoms with E-state index in [1.165, 1.54) is 5.56 Å². The maximum absolute atomic E-state index is 13.4. The summed E-state index contributed by atoms with van der Waals surface area (Å²) in [7, 11) is 1.65. The molecule has 1 aliphatic rings. The van der Waals surface area contributed by atoms with E-state index in [4.69, 9.17) is 4.74 Å². The van der Waals surface area contributed by atoms with Crippen molar-refractivity contribution in [3.63, 3.8) is 0 Å². The number of pyridine rings is 1. The first kappa shape index (κ1) is 20.4. The van der Waals surface area contributed by atoms with Gasteiger partial charge in [0.1, 0.15) is 6.04 Å². The zero-order valence-corrected chi connectivity index (χ0v) is 18.5. The van der Waals surface area contributed by atoms with Crippen LogP contribution in [0.1, 0.15) is 34.1 Å². The highest BCUT2D eigenvalue weighted by atomic mass is 16.5. The van der Waals surface area contributed by atoms with Crippen LogP contribution >= 0.6 is 0 Å². The van der Waals surface area contributed by atoms with Crippen LogP contribution in [0.3, 0.4) is 0 Å². The van der Waals surface area contributed by atoms with Gasteiger partial charge in [-0.3, -0.25) is 4.79 Å². The van der Waals surface area contributed by atoms with Crippen LogP contribution in [0.25, 0.3) is 10.9 Å². The van der Waals surface area contributed by atoms with Crippen molar-refractivity contribution < 1.29 is 4.74 Å². The Morgan fingerprint density at radius 1 is 1.19 bits per heavy atom. The van der Waals surface area contributed by atoms with Gasteiger partial charge in [0.25, 0.3) is 5.56 Å². The molecule has 2 aromatic heterocycles. The van der Waals surface area contributed by atoms with Gasteiger partial charge in [0.05, 0.1) is 18.7 Å². The maximum Gasteiger partial charge on any atom is 0.254 e. The van der Waals surface area contributed by atoms with E-state index in [1.807, 2.05) is 25.1 Å². The minimum atomic E-state index is -0.416. The summed E-state index contributed by atoms with van der Waals surface area (Å²) < 4.78 is 6.98. The molecular weight excluding hydrogens is 404 g/mol. The van der Waals surface area contributed by atoms with Crippen molar-refractivity contribution in [2.24, 2.45) is 0 Å². The maximum atomic E-state index is 13.4. The highest BCUT2D eigenvalue weighted by Gasteiger charge is 2.34. The van der Waals surface area contributed by atoms with Crippen LogP contribution in [0.5, 0.6) is 0 Å². The number of aromatic nitrogens is 5. The zero-order valence-electron chi connectivity index (χ0n) is 18.5. The number of ether oxygens (including phenoxy) is 1. The third-order valence-corrected chi connectivity index (χ3v) is 6.42. The number of anilines is 1. The van der Waals surface area contributed by atoms with Crippen molar-refractivity contribution in [2.45, 2.75) is 32.9 Å². The van der Waals surface area contributed by atoms with Crippen molar-refractivity contribution >= 4 is 16.6 Å². The first-order valence-corrected chi connectivity index (χ1v) is 10.8. The van der Waals surface area contributed by atoms with Crippen molar-refractivity contribution in [1.29, 1.82) is 0 Å². The average Bonchev–Trinajstić information content (AvgIpc) is 3.44. The second-order valence-corrected chi connectivity index (χ2v) is 8.25. The molecule has 1 unspecified atom stereocenters. The van der Waals surface area contributed by atoms with Gasteiger partial charge in [0.2, 0.25) is 0 Å². The molecule has 164 valence electrons. The third-order valence-electron chi connectivity index (χ3n) is 6.42. The topological polar surface area (TPSA) is 88.9 Å². The number of nitrogens with zero attached hydrogens (tertiary/aromatic N) is 5. The van der Waals surface area contributed by atoms with E-state index in [-0.39, 0.29) is 5.56 Å². The molecule has 32 heavy (non-hydrogen) atoms. The molecule has 0 aliphatic carbocycles. The number of tetrazole rings is 1. The van der Waals surface area contributed by atoms with E-state index in [1.54, 1.807) is 11.8 Å². The minimum absolute atomic E-state index is 0.123. The number of aryl methyl sites for hydroxylation is 2. The molecule has 2 aromatic carbocycles. The molecule has 0 saturated heterocycles. The fourth-order valence-corrected chi connectivity index (χ4v) is 4.57. The number of hydrogen-bond acceptors (Lipinski definition) is 6. The predicted molar refractivity (Wildman–Crippen MR) is 123 cm³/mol. The first-order chi connectivity index (χ1) is 15.6. The Morgan fingerprint density at radius 2 is 2.03 bits per heavy atom. The van der Waals surface area contributed by atoms with Crippen LogP contribution in [0.2, 0.25) is 0 Å². The molecule has 0 spiro atoms. The summed E-state index contributed by atoms with van der Waals surface area (Å²) in [5.74, 6) is 0.632. The lowest BCUT2D eigenvalue weighted by Gasteiger charge is -2.29. The number of H-pyrrole nitrogens is 1. The number of para-hydroxylation sites is 1. The number of benzene rings is 2. The second-order valence-electron chi connectivity index (χ2n) is 8.25. The molecule has 0 saturated carbocycles. The molecule has 0 bridgehead atoms. The lowest BCUT2D eigenvalue weighted by Crippen LogP contribution is -2.34. The molecule has 8 heteroatoms. The Bertz CT molecular complexity index is 1340. The molecule has 1 aliphatic heterocycles. The van der Waals surface area contributed by atoms with Crippen molar-refractivity contribution in [3.8, 4) is 0 Å². The fourth-order valence-electron chi connectivity index (χ4n) is 4.57. The van der Waals surface area contributed by atoms with E-state index >= 15 is 0 Å². The van der Waals surface area contributed by atoms with Gasteiger partial charge < -0.3 is 14.6 Å². The van der Waals surface area contributed by atoms with Gasteiger partial charge in [0.15, 0.2) is 5.82 Å². The Balaban J connectivity index is 1.71. The Labute approximate surface area is 185 Å². The monoisotopic (exact) mass is 430 g/mol. The van der Waals surface area contributed by atoms with Crippen LogP contribution in [0, 0.1) is 13.8 Å². The van der Waals surface area contributed by atoms with Crippen LogP contribution in [-0.2, 0) is 17.7 Å². The molecule has 4 aromatic rings. The smallest absolute Gasteiger partial charge is 0.254 e. The summed E-state index contributed by atoms with van der Waals surface area (Å²) in [4.78, 5) is 18.8. The van der Waals surface area contributed by atoms with Crippen LogP contribution in [0.4, 0.5) is 5.69 Å². The number of nitrogens with one attached hydrogen (secondary N) is 1. The number of methoxy groups -OCH3 is 1. The lowest BCUT2D eigenvalue weighted by atomic mass is 10.00. The number of hydrogen-bond donors (Lipinski definition) is 1. The van der Waals surface area contributed by atoms with Gasteiger partial charge in [-0.1, -0.05) is 30.3 Å². The van der Waals surface area contributed by atoms with E-state index in [0.29, 0.717) is 24.5 Å². The van der Waals surface area contributed by atoms with Crippen LogP contribution < -0.4 is 10.5 Å². The third kappa shape index (κ3) is 3.36. The highest BCUT2D eigenvalue weighted by Crippen LogP contribution is 2.37. The molecular formula is C24H26N6O2. The van der Waals surface area contributed by atoms with Crippen molar-refractivity contribution in [3.05, 3.63) is 80.9 Å². The van der Waals surface area contributed by atoms with Gasteiger partial charge in [0, 0.05) is 24.9 Å². The van der Waals surface area contributed by atoms with E-state index in [0.717, 1.165) is 40.7 Å². The molecule has 0 fully saturated rings. The summed E-state index contributed by atoms with van der Waals surface area (Å²) >= 11 is 0. The SMILES string of the molecule is COCCn1nnnc1C(c1cc2ccc(C)c(C)c2[nH]c1=O)N1CCc2ccccc21. The summed E-state index contributed by atoms with van der Waals surface area (Å²) in [6.07, 6.45) is 0.913. The molecule has 0 amide bonds. The highest BCUT2D eigenvalue weighted by molar-refractivity contribution is 5.83. The minimum Gasteiger partial charge on any atom is -0.383 e. The second kappa shape index (κ2) is 8.20. The van der Waals surface area contributed by atoms with Gasteiger partial charge >= 0.3 is 0 Å². The predicted octanol–water partition coefficient (Wildman–Crippen LogP) is 2.93. The van der Waals surface area contributed by atoms with Crippen molar-refractivity contribution in [1.82, 2.24) is 25.2 Å². The first-order valence-electron chi connectivity index (χ1n) is 10.8. The number of rotatable bonds is 6. The molecule has 0 radical (unpaired) electrons. The summed E-state index contributed by atoms with van der Waals surface area (Å²) in [5.41, 5.74) is 5.98. The van der Waals surface area contributed by atoms with E-state index in [9.17, 15) is 4.79 Å². The largest absolute Gasteiger partial charge is 0.383 e. The van der Waals surface area contributed by atoms with E-state index in [2.05, 4.69) is 56.6 Å². The summed E-state index contributed by atoms with van der Waals surface area (Å²) in [5, 5.41) is 13.5. The average molecular weight is 431 g/mol. The quantitative estimate of drug-likeness (QED) is 0.506. The van der Waals surface area contributed by atoms with Gasteiger partial charge in [-0.15, -0.1) is 5.10 Å². The normalized spacial score (nSPS) is 14.2. The molecule has 8 nitrogen and oxygen atoms in total. The Morgan fingerprint density at radius 3 is 2.88 bits per heavy atom. The van der Waals surface area contributed by atoms with Crippen LogP contribution in [0.15, 0.2) is 47.3 Å². The lowest BCUT2D eigenvalue weighted by molar-refractivity contribution is 0.181. The van der Waals surface area contributed by atoms with E-state index < -0.39 is 6.04 Å². The molecule has 5 rings (SSSR count). The standard InChI is InChI=1S/C24H26N6O2/c1-15-8-9-18-14-19(24(31)25-21(18)16(15)2)22(23-26-27-28-30(23)12-13-32-3)29-11-10-17-6-4-5-7-20(17)29/h4-9,14,22H,10-13H2,1-3H3,(H,25,31). The zero-order chi connectivity index (χ0) is 22.2. The van der Waals surface area contributed by atoms with Gasteiger partial charge in [-0.2, -0.15) is 0 Å². The fraction of sp³-hybridized carbons (Fsp3) is 0.333. The van der Waals surface area contributed by atoms with Gasteiger partial charge in [-0.05, 0) is 64.9 Å². The Kier molecular flexibility index (Phi) is 5.22. The number of aromatic amines is 1. The summed E-state index contributed by atoms with van der Waals surface area (Å²) in [6, 6.07) is 14.0. The molecule has 3 heterocycles. The molecule has 1 atom stereocenters. The summed E-state index contributed by atoms with van der Waals surface area (Å²) in [6.45, 7) is 5.86. The Hall–Kier alpha value is -3.52. The van der Waals surface area contributed by atoms with Crippen LogP contribution in [-0.4, -0.2) is 45.5 Å².